The molecule has 1 unspecified atom stereocenters. The number of thiophene rings is 1. The van der Waals surface area contributed by atoms with Crippen molar-refractivity contribution in [2.75, 3.05) is 0 Å². The van der Waals surface area contributed by atoms with Gasteiger partial charge in [-0.05, 0) is 37.1 Å². The highest BCUT2D eigenvalue weighted by Crippen LogP contribution is 2.28. The molecule has 0 fully saturated rings. The molecule has 1 atom stereocenters. The molecular formula is C12H14O2S. The molecule has 2 nitrogen and oxygen atoms in total. The number of furan rings is 1. The Balaban J connectivity index is 2.11. The van der Waals surface area contributed by atoms with Crippen LogP contribution in [0.15, 0.2) is 29.1 Å². The van der Waals surface area contributed by atoms with Crippen molar-refractivity contribution in [3.8, 4) is 0 Å². The molecule has 1 N–H and O–H groups in total. The van der Waals surface area contributed by atoms with E-state index in [9.17, 15) is 5.11 Å². The minimum absolute atomic E-state index is 0.417. The summed E-state index contributed by atoms with van der Waals surface area (Å²) >= 11 is 1.66. The number of aryl methyl sites for hydroxylation is 2. The molecule has 0 spiro atoms. The van der Waals surface area contributed by atoms with Crippen molar-refractivity contribution in [3.63, 3.8) is 0 Å². The first-order chi connectivity index (χ1) is 7.16. The highest BCUT2D eigenvalue weighted by atomic mass is 32.1. The summed E-state index contributed by atoms with van der Waals surface area (Å²) in [7, 11) is 0. The second-order valence-corrected chi connectivity index (χ2v) is 5.03. The fourth-order valence-corrected chi connectivity index (χ4v) is 2.53. The van der Waals surface area contributed by atoms with E-state index in [1.54, 1.807) is 23.9 Å². The summed E-state index contributed by atoms with van der Waals surface area (Å²) in [6.07, 6.45) is 3.51. The highest BCUT2D eigenvalue weighted by Gasteiger charge is 2.12. The predicted molar refractivity (Wildman–Crippen MR) is 61.2 cm³/mol. The van der Waals surface area contributed by atoms with Gasteiger partial charge in [0, 0.05) is 16.2 Å². The van der Waals surface area contributed by atoms with Gasteiger partial charge >= 0.3 is 0 Å². The summed E-state index contributed by atoms with van der Waals surface area (Å²) < 4.78 is 4.97. The third kappa shape index (κ3) is 2.30. The molecule has 2 aromatic heterocycles. The monoisotopic (exact) mass is 222 g/mol. The maximum atomic E-state index is 10.00. The first-order valence-corrected chi connectivity index (χ1v) is 5.74. The number of aliphatic hydroxyl groups is 1. The van der Waals surface area contributed by atoms with Gasteiger partial charge in [0.05, 0.1) is 18.6 Å². The van der Waals surface area contributed by atoms with Crippen LogP contribution in [0.1, 0.15) is 27.0 Å². The summed E-state index contributed by atoms with van der Waals surface area (Å²) in [5.74, 6) is 0. The Morgan fingerprint density at radius 1 is 1.47 bits per heavy atom. The van der Waals surface area contributed by atoms with Crippen molar-refractivity contribution < 1.29 is 9.52 Å². The molecule has 0 aromatic carbocycles. The standard InChI is InChI=1S/C12H14O2S/c1-8-5-12(15-9(8)2)11(13)6-10-3-4-14-7-10/h3-5,7,11,13H,6H2,1-2H3. The van der Waals surface area contributed by atoms with Gasteiger partial charge in [-0.25, -0.2) is 0 Å². The smallest absolute Gasteiger partial charge is 0.0935 e. The van der Waals surface area contributed by atoms with Crippen LogP contribution in [0, 0.1) is 13.8 Å². The third-order valence-electron chi connectivity index (χ3n) is 2.52. The number of hydrogen-bond acceptors (Lipinski definition) is 3. The molecule has 2 rings (SSSR count). The summed E-state index contributed by atoms with van der Waals surface area (Å²) in [5, 5.41) is 10.00. The minimum Gasteiger partial charge on any atom is -0.472 e. The molecule has 0 radical (unpaired) electrons. The minimum atomic E-state index is -0.417. The molecule has 80 valence electrons. The Hall–Kier alpha value is -1.06. The zero-order valence-corrected chi connectivity index (χ0v) is 9.67. The van der Waals surface area contributed by atoms with Crippen molar-refractivity contribution in [3.05, 3.63) is 45.5 Å². The summed E-state index contributed by atoms with van der Waals surface area (Å²) in [5.41, 5.74) is 2.28. The molecule has 0 saturated heterocycles. The van der Waals surface area contributed by atoms with Crippen LogP contribution in [-0.2, 0) is 6.42 Å². The van der Waals surface area contributed by atoms with Crippen molar-refractivity contribution in [1.82, 2.24) is 0 Å². The lowest BCUT2D eigenvalue weighted by Gasteiger charge is -2.05. The van der Waals surface area contributed by atoms with Gasteiger partial charge in [-0.1, -0.05) is 0 Å². The summed E-state index contributed by atoms with van der Waals surface area (Å²) in [4.78, 5) is 2.31. The van der Waals surface area contributed by atoms with Gasteiger partial charge in [0.1, 0.15) is 0 Å². The lowest BCUT2D eigenvalue weighted by molar-refractivity contribution is 0.182. The fourth-order valence-electron chi connectivity index (χ4n) is 1.50. The fraction of sp³-hybridized carbons (Fsp3) is 0.333. The largest absolute Gasteiger partial charge is 0.472 e. The van der Waals surface area contributed by atoms with Gasteiger partial charge in [-0.15, -0.1) is 11.3 Å². The lowest BCUT2D eigenvalue weighted by atomic mass is 10.1. The van der Waals surface area contributed by atoms with E-state index in [0.29, 0.717) is 6.42 Å². The van der Waals surface area contributed by atoms with E-state index in [-0.39, 0.29) is 0 Å². The molecule has 0 aliphatic heterocycles. The van der Waals surface area contributed by atoms with Crippen molar-refractivity contribution in [2.45, 2.75) is 26.4 Å². The first-order valence-electron chi connectivity index (χ1n) is 4.93. The van der Waals surface area contributed by atoms with E-state index in [2.05, 4.69) is 19.9 Å². The van der Waals surface area contributed by atoms with E-state index in [4.69, 9.17) is 4.42 Å². The van der Waals surface area contributed by atoms with E-state index in [1.807, 2.05) is 6.07 Å². The Bertz CT molecular complexity index is 409. The Morgan fingerprint density at radius 3 is 2.80 bits per heavy atom. The van der Waals surface area contributed by atoms with Crippen LogP contribution in [0.4, 0.5) is 0 Å². The molecule has 2 heterocycles. The van der Waals surface area contributed by atoms with Gasteiger partial charge in [0.2, 0.25) is 0 Å². The topological polar surface area (TPSA) is 33.4 Å². The Labute approximate surface area is 93.2 Å². The van der Waals surface area contributed by atoms with Crippen molar-refractivity contribution >= 4 is 11.3 Å². The molecule has 3 heteroatoms. The predicted octanol–water partition coefficient (Wildman–Crippen LogP) is 3.23. The maximum Gasteiger partial charge on any atom is 0.0935 e. The average molecular weight is 222 g/mol. The van der Waals surface area contributed by atoms with Gasteiger partial charge in [0.25, 0.3) is 0 Å². The second-order valence-electron chi connectivity index (χ2n) is 3.74. The van der Waals surface area contributed by atoms with Crippen LogP contribution >= 0.6 is 11.3 Å². The maximum absolute atomic E-state index is 10.00. The quantitative estimate of drug-likeness (QED) is 0.865. The third-order valence-corrected chi connectivity index (χ3v) is 3.78. The highest BCUT2D eigenvalue weighted by molar-refractivity contribution is 7.12. The van der Waals surface area contributed by atoms with Crippen LogP contribution in [-0.4, -0.2) is 5.11 Å². The number of rotatable bonds is 3. The van der Waals surface area contributed by atoms with Gasteiger partial charge in [0.15, 0.2) is 0 Å². The van der Waals surface area contributed by atoms with Crippen molar-refractivity contribution in [1.29, 1.82) is 0 Å². The van der Waals surface area contributed by atoms with Gasteiger partial charge in [-0.2, -0.15) is 0 Å². The summed E-state index contributed by atoms with van der Waals surface area (Å²) in [6.45, 7) is 4.15. The Morgan fingerprint density at radius 2 is 2.27 bits per heavy atom. The van der Waals surface area contributed by atoms with E-state index in [1.165, 1.54) is 10.4 Å². The van der Waals surface area contributed by atoms with E-state index >= 15 is 0 Å². The number of aliphatic hydroxyl groups excluding tert-OH is 1. The molecule has 0 amide bonds. The average Bonchev–Trinajstić information content (AvgIpc) is 2.78. The number of hydrogen-bond donors (Lipinski definition) is 1. The lowest BCUT2D eigenvalue weighted by Crippen LogP contribution is -1.98. The zero-order chi connectivity index (χ0) is 10.8. The van der Waals surface area contributed by atoms with Crippen LogP contribution in [0.3, 0.4) is 0 Å². The van der Waals surface area contributed by atoms with Crippen molar-refractivity contribution in [2.24, 2.45) is 0 Å². The van der Waals surface area contributed by atoms with Crippen LogP contribution in [0.25, 0.3) is 0 Å². The molecule has 0 bridgehead atoms. The molecular weight excluding hydrogens is 208 g/mol. The van der Waals surface area contributed by atoms with Crippen LogP contribution < -0.4 is 0 Å². The SMILES string of the molecule is Cc1cc(C(O)Cc2ccoc2)sc1C. The molecule has 0 aliphatic rings. The van der Waals surface area contributed by atoms with Gasteiger partial charge < -0.3 is 9.52 Å². The first kappa shape index (κ1) is 10.5. The molecule has 0 saturated carbocycles. The van der Waals surface area contributed by atoms with Crippen LogP contribution in [0.5, 0.6) is 0 Å². The normalized spacial score (nSPS) is 13.0. The molecule has 15 heavy (non-hydrogen) atoms. The Kier molecular flexibility index (Phi) is 2.93. The zero-order valence-electron chi connectivity index (χ0n) is 8.86. The van der Waals surface area contributed by atoms with Gasteiger partial charge in [-0.3, -0.25) is 0 Å². The molecule has 0 aliphatic carbocycles. The van der Waals surface area contributed by atoms with E-state index in [0.717, 1.165) is 10.4 Å². The summed E-state index contributed by atoms with van der Waals surface area (Å²) in [6, 6.07) is 3.95. The molecule has 2 aromatic rings. The van der Waals surface area contributed by atoms with Crippen LogP contribution in [0.2, 0.25) is 0 Å². The van der Waals surface area contributed by atoms with E-state index < -0.39 is 6.10 Å². The second kappa shape index (κ2) is 4.21.